The van der Waals surface area contributed by atoms with Crippen molar-refractivity contribution in [3.63, 3.8) is 0 Å². The van der Waals surface area contributed by atoms with E-state index < -0.39 is 0 Å². The van der Waals surface area contributed by atoms with Crippen molar-refractivity contribution in [2.45, 2.75) is 36.5 Å². The molecule has 4 nitrogen and oxygen atoms in total. The molecule has 1 saturated heterocycles. The monoisotopic (exact) mass is 380 g/mol. The Morgan fingerprint density at radius 1 is 1.15 bits per heavy atom. The van der Waals surface area contributed by atoms with Gasteiger partial charge in [0.25, 0.3) is 5.91 Å². The maximum Gasteiger partial charge on any atom is 0.254 e. The van der Waals surface area contributed by atoms with Gasteiger partial charge in [0.05, 0.1) is 18.9 Å². The number of fused-ring (bicyclic) bond motifs is 2. The third kappa shape index (κ3) is 3.80. The van der Waals surface area contributed by atoms with Crippen LogP contribution in [0.2, 0.25) is 0 Å². The van der Waals surface area contributed by atoms with Gasteiger partial charge in [0.2, 0.25) is 0 Å². The van der Waals surface area contributed by atoms with Crippen molar-refractivity contribution in [3.05, 3.63) is 53.1 Å². The minimum absolute atomic E-state index is 0.0657. The number of amides is 1. The lowest BCUT2D eigenvalue weighted by molar-refractivity contribution is 0.0303. The van der Waals surface area contributed by atoms with Gasteiger partial charge in [0.1, 0.15) is 0 Å². The molecule has 1 amide bonds. The highest BCUT2D eigenvalue weighted by Gasteiger charge is 2.22. The molecular formula is C22H24N2O2S. The average molecular weight is 381 g/mol. The van der Waals surface area contributed by atoms with E-state index in [9.17, 15) is 4.79 Å². The van der Waals surface area contributed by atoms with E-state index in [4.69, 9.17) is 9.73 Å². The molecule has 2 aliphatic heterocycles. The molecule has 0 atom stereocenters. The zero-order chi connectivity index (χ0) is 18.8. The summed E-state index contributed by atoms with van der Waals surface area (Å²) in [5, 5.41) is 0. The molecule has 4 rings (SSSR count). The summed E-state index contributed by atoms with van der Waals surface area (Å²) >= 11 is 1.74. The van der Waals surface area contributed by atoms with Gasteiger partial charge in [0, 0.05) is 39.7 Å². The molecule has 27 heavy (non-hydrogen) atoms. The molecule has 0 aliphatic carbocycles. The summed E-state index contributed by atoms with van der Waals surface area (Å²) in [6.07, 6.45) is 1.97. The normalized spacial score (nSPS) is 16.2. The van der Waals surface area contributed by atoms with Gasteiger partial charge in [-0.05, 0) is 43.7 Å². The summed E-state index contributed by atoms with van der Waals surface area (Å²) in [4.78, 5) is 22.1. The van der Waals surface area contributed by atoms with Crippen LogP contribution in [0.1, 0.15) is 41.3 Å². The van der Waals surface area contributed by atoms with E-state index >= 15 is 0 Å². The molecule has 0 spiro atoms. The first-order chi connectivity index (χ1) is 13.2. The summed E-state index contributed by atoms with van der Waals surface area (Å²) in [6.45, 7) is 6.82. The fraction of sp³-hybridized carbons (Fsp3) is 0.364. The summed E-state index contributed by atoms with van der Waals surface area (Å²) in [7, 11) is 0. The zero-order valence-corrected chi connectivity index (χ0v) is 16.6. The molecule has 0 bridgehead atoms. The lowest BCUT2D eigenvalue weighted by Crippen LogP contribution is -2.40. The molecular weight excluding hydrogens is 356 g/mol. The maximum absolute atomic E-state index is 12.9. The number of hydrogen-bond donors (Lipinski definition) is 0. The molecule has 0 unspecified atom stereocenters. The van der Waals surface area contributed by atoms with Crippen molar-refractivity contribution < 1.29 is 9.53 Å². The van der Waals surface area contributed by atoms with Gasteiger partial charge >= 0.3 is 0 Å². The third-order valence-electron chi connectivity index (χ3n) is 4.91. The highest BCUT2D eigenvalue weighted by molar-refractivity contribution is 7.99. The summed E-state index contributed by atoms with van der Waals surface area (Å²) in [5.41, 5.74) is 5.18. The number of aryl methyl sites for hydroxylation is 1. The SMILES string of the molecule is CCCC1=Nc2cc(C(=O)N3CCOCC3)ccc2Sc2ccc(C)cc21. The predicted molar refractivity (Wildman–Crippen MR) is 110 cm³/mol. The van der Waals surface area contributed by atoms with Crippen molar-refractivity contribution in [1.82, 2.24) is 4.90 Å². The highest BCUT2D eigenvalue weighted by Crippen LogP contribution is 2.41. The molecule has 2 aromatic carbocycles. The number of nitrogens with zero attached hydrogens (tertiary/aromatic N) is 2. The fourth-order valence-corrected chi connectivity index (χ4v) is 4.49. The van der Waals surface area contributed by atoms with Crippen molar-refractivity contribution in [1.29, 1.82) is 0 Å². The number of benzene rings is 2. The van der Waals surface area contributed by atoms with Gasteiger partial charge in [-0.25, -0.2) is 0 Å². The predicted octanol–water partition coefficient (Wildman–Crippen LogP) is 4.85. The Morgan fingerprint density at radius 2 is 1.93 bits per heavy atom. The Bertz CT molecular complexity index is 901. The standard InChI is InChI=1S/C22H24N2O2S/c1-3-4-18-17-13-15(2)5-7-20(17)27-21-8-6-16(14-19(21)23-18)22(25)24-9-11-26-12-10-24/h5-8,13-14H,3-4,9-12H2,1-2H3. The summed E-state index contributed by atoms with van der Waals surface area (Å²) in [6, 6.07) is 12.5. The van der Waals surface area contributed by atoms with Crippen LogP contribution in [0.4, 0.5) is 5.69 Å². The Morgan fingerprint density at radius 3 is 2.70 bits per heavy atom. The lowest BCUT2D eigenvalue weighted by Gasteiger charge is -2.27. The fourth-order valence-electron chi connectivity index (χ4n) is 3.48. The number of hydrogen-bond acceptors (Lipinski definition) is 4. The Kier molecular flexibility index (Phi) is 5.32. The van der Waals surface area contributed by atoms with E-state index in [-0.39, 0.29) is 5.91 Å². The number of carbonyl (C=O) groups is 1. The molecule has 5 heteroatoms. The molecule has 1 fully saturated rings. The Labute approximate surface area is 164 Å². The maximum atomic E-state index is 12.9. The third-order valence-corrected chi connectivity index (χ3v) is 6.05. The van der Waals surface area contributed by atoms with Crippen molar-refractivity contribution in [2.75, 3.05) is 26.3 Å². The van der Waals surface area contributed by atoms with E-state index in [2.05, 4.69) is 32.0 Å². The number of morpholine rings is 1. The molecule has 0 saturated carbocycles. The minimum atomic E-state index is 0.0657. The summed E-state index contributed by atoms with van der Waals surface area (Å²) < 4.78 is 5.36. The largest absolute Gasteiger partial charge is 0.378 e. The van der Waals surface area contributed by atoms with Gasteiger partial charge in [-0.2, -0.15) is 0 Å². The molecule has 0 radical (unpaired) electrons. The van der Waals surface area contributed by atoms with Crippen molar-refractivity contribution in [2.24, 2.45) is 4.99 Å². The second-order valence-electron chi connectivity index (χ2n) is 7.00. The van der Waals surface area contributed by atoms with Gasteiger partial charge < -0.3 is 9.64 Å². The van der Waals surface area contributed by atoms with Gasteiger partial charge in [-0.3, -0.25) is 9.79 Å². The topological polar surface area (TPSA) is 41.9 Å². The van der Waals surface area contributed by atoms with Gasteiger partial charge in [-0.15, -0.1) is 0 Å². The van der Waals surface area contributed by atoms with Crippen LogP contribution in [0, 0.1) is 6.92 Å². The lowest BCUT2D eigenvalue weighted by atomic mass is 10.0. The number of aliphatic imine (C=N–C) groups is 1. The van der Waals surface area contributed by atoms with E-state index in [0.29, 0.717) is 31.9 Å². The molecule has 2 aromatic rings. The first-order valence-corrected chi connectivity index (χ1v) is 10.3. The van der Waals surface area contributed by atoms with Crippen LogP contribution in [0.25, 0.3) is 0 Å². The first kappa shape index (κ1) is 18.3. The zero-order valence-electron chi connectivity index (χ0n) is 15.8. The van der Waals surface area contributed by atoms with E-state index in [1.165, 1.54) is 16.0 Å². The van der Waals surface area contributed by atoms with Crippen molar-refractivity contribution >= 4 is 29.1 Å². The molecule has 140 valence electrons. The van der Waals surface area contributed by atoms with E-state index in [1.54, 1.807) is 11.8 Å². The van der Waals surface area contributed by atoms with Gasteiger partial charge in [-0.1, -0.05) is 36.7 Å². The summed E-state index contributed by atoms with van der Waals surface area (Å²) in [5.74, 6) is 0.0657. The van der Waals surface area contributed by atoms with Crippen LogP contribution in [0.5, 0.6) is 0 Å². The van der Waals surface area contributed by atoms with Crippen LogP contribution >= 0.6 is 11.8 Å². The second-order valence-corrected chi connectivity index (χ2v) is 8.08. The molecule has 2 aliphatic rings. The second kappa shape index (κ2) is 7.87. The number of ether oxygens (including phenoxy) is 1. The average Bonchev–Trinajstić information content (AvgIpc) is 2.84. The van der Waals surface area contributed by atoms with Crippen molar-refractivity contribution in [3.8, 4) is 0 Å². The van der Waals surface area contributed by atoms with E-state index in [1.807, 2.05) is 23.1 Å². The van der Waals surface area contributed by atoms with Crippen LogP contribution in [0.3, 0.4) is 0 Å². The van der Waals surface area contributed by atoms with Crippen LogP contribution in [0.15, 0.2) is 51.2 Å². The highest BCUT2D eigenvalue weighted by atomic mass is 32.2. The van der Waals surface area contributed by atoms with Crippen LogP contribution in [-0.2, 0) is 4.74 Å². The number of rotatable bonds is 3. The molecule has 0 aromatic heterocycles. The first-order valence-electron chi connectivity index (χ1n) is 9.53. The smallest absolute Gasteiger partial charge is 0.254 e. The Hall–Kier alpha value is -2.11. The molecule has 2 heterocycles. The molecule has 0 N–H and O–H groups in total. The van der Waals surface area contributed by atoms with Crippen LogP contribution in [-0.4, -0.2) is 42.8 Å². The quantitative estimate of drug-likeness (QED) is 0.764. The van der Waals surface area contributed by atoms with Crippen LogP contribution < -0.4 is 0 Å². The number of carbonyl (C=O) groups excluding carboxylic acids is 1. The minimum Gasteiger partial charge on any atom is -0.378 e. The Balaban J connectivity index is 1.73. The van der Waals surface area contributed by atoms with Gasteiger partial charge in [0.15, 0.2) is 0 Å². The van der Waals surface area contributed by atoms with E-state index in [0.717, 1.165) is 29.1 Å².